The molecule has 0 fully saturated rings. The Hall–Kier alpha value is -1.20. The molecule has 2 N–H and O–H groups in total. The molecule has 4 nitrogen and oxygen atoms in total. The van der Waals surface area contributed by atoms with Gasteiger partial charge in [-0.15, -0.1) is 11.3 Å². The molecule has 84 valence electrons. The molecular formula is C11H14N4S. The summed E-state index contributed by atoms with van der Waals surface area (Å²) in [5.74, 6) is 0. The predicted molar refractivity (Wildman–Crippen MR) is 64.2 cm³/mol. The lowest BCUT2D eigenvalue weighted by Crippen LogP contribution is -2.15. The van der Waals surface area contributed by atoms with Crippen LogP contribution < -0.4 is 5.73 Å². The molecule has 0 aromatic carbocycles. The molecule has 1 atom stereocenters. The largest absolute Gasteiger partial charge is 0.323 e. The molecule has 0 spiro atoms. The summed E-state index contributed by atoms with van der Waals surface area (Å²) in [4.78, 5) is 5.95. The highest BCUT2D eigenvalue weighted by atomic mass is 32.1. The van der Waals surface area contributed by atoms with Crippen molar-refractivity contribution in [2.45, 2.75) is 25.3 Å². The summed E-state index contributed by atoms with van der Waals surface area (Å²) >= 11 is 1.72. The predicted octanol–water partition coefficient (Wildman–Crippen LogP) is 1.88. The summed E-state index contributed by atoms with van der Waals surface area (Å²) in [6.45, 7) is 0. The molecule has 0 radical (unpaired) electrons. The number of hydrogen-bond donors (Lipinski definition) is 1. The molecule has 3 rings (SSSR count). The third-order valence-electron chi connectivity index (χ3n) is 3.03. The van der Waals surface area contributed by atoms with E-state index in [9.17, 15) is 0 Å². The lowest BCUT2D eigenvalue weighted by atomic mass is 9.99. The summed E-state index contributed by atoms with van der Waals surface area (Å²) in [5.41, 5.74) is 8.37. The van der Waals surface area contributed by atoms with Crippen molar-refractivity contribution in [1.29, 1.82) is 0 Å². The maximum atomic E-state index is 6.10. The first-order chi connectivity index (χ1) is 7.75. The highest BCUT2D eigenvalue weighted by molar-refractivity contribution is 7.15. The van der Waals surface area contributed by atoms with Gasteiger partial charge >= 0.3 is 0 Å². The quantitative estimate of drug-likeness (QED) is 0.819. The fourth-order valence-electron chi connectivity index (χ4n) is 2.15. The van der Waals surface area contributed by atoms with Gasteiger partial charge < -0.3 is 5.73 Å². The van der Waals surface area contributed by atoms with Gasteiger partial charge in [0.1, 0.15) is 5.01 Å². The van der Waals surface area contributed by atoms with Gasteiger partial charge in [-0.25, -0.2) is 4.98 Å². The smallest absolute Gasteiger partial charge is 0.142 e. The Balaban J connectivity index is 2.08. The van der Waals surface area contributed by atoms with Gasteiger partial charge in [0.25, 0.3) is 0 Å². The first-order valence-electron chi connectivity index (χ1n) is 5.49. The second-order valence-electron chi connectivity index (χ2n) is 4.17. The minimum absolute atomic E-state index is 0.184. The van der Waals surface area contributed by atoms with E-state index in [1.54, 1.807) is 17.5 Å². The Morgan fingerprint density at radius 2 is 2.44 bits per heavy atom. The first kappa shape index (κ1) is 9.99. The van der Waals surface area contributed by atoms with Crippen LogP contribution in [0.4, 0.5) is 0 Å². The zero-order valence-electron chi connectivity index (χ0n) is 9.18. The van der Waals surface area contributed by atoms with Crippen LogP contribution >= 0.6 is 11.3 Å². The molecule has 1 unspecified atom stereocenters. The average molecular weight is 234 g/mol. The van der Waals surface area contributed by atoms with Gasteiger partial charge in [0, 0.05) is 24.2 Å². The Labute approximate surface area is 98.1 Å². The molecule has 0 aliphatic heterocycles. The van der Waals surface area contributed by atoms with Crippen LogP contribution in [0.1, 0.15) is 29.5 Å². The molecule has 0 saturated heterocycles. The minimum Gasteiger partial charge on any atom is -0.323 e. The number of nitrogens with zero attached hydrogens (tertiary/aromatic N) is 3. The van der Waals surface area contributed by atoms with E-state index in [0.29, 0.717) is 0 Å². The number of nitrogens with two attached hydrogens (primary N) is 1. The highest BCUT2D eigenvalue weighted by Gasteiger charge is 2.22. The molecule has 1 aliphatic carbocycles. The van der Waals surface area contributed by atoms with E-state index in [0.717, 1.165) is 30.0 Å². The van der Waals surface area contributed by atoms with Crippen LogP contribution in [-0.2, 0) is 13.5 Å². The van der Waals surface area contributed by atoms with E-state index in [2.05, 4.69) is 10.1 Å². The lowest BCUT2D eigenvalue weighted by Gasteiger charge is -2.15. The maximum Gasteiger partial charge on any atom is 0.142 e. The summed E-state index contributed by atoms with van der Waals surface area (Å²) < 4.78 is 1.86. The lowest BCUT2D eigenvalue weighted by molar-refractivity contribution is 0.573. The molecule has 2 aromatic rings. The van der Waals surface area contributed by atoms with Gasteiger partial charge in [0.05, 0.1) is 11.4 Å². The van der Waals surface area contributed by atoms with Crippen LogP contribution in [-0.4, -0.2) is 14.8 Å². The second-order valence-corrected chi connectivity index (χ2v) is 5.20. The van der Waals surface area contributed by atoms with Crippen molar-refractivity contribution in [2.75, 3.05) is 0 Å². The summed E-state index contributed by atoms with van der Waals surface area (Å²) in [5, 5.41) is 5.21. The molecule has 2 aromatic heterocycles. The molecule has 1 aliphatic rings. The zero-order chi connectivity index (χ0) is 11.1. The number of fused-ring (bicyclic) bond motifs is 1. The summed E-state index contributed by atoms with van der Waals surface area (Å²) in [7, 11) is 1.94. The Morgan fingerprint density at radius 3 is 3.12 bits per heavy atom. The van der Waals surface area contributed by atoms with Crippen LogP contribution in [0.25, 0.3) is 10.7 Å². The zero-order valence-corrected chi connectivity index (χ0v) is 10.00. The normalized spacial score (nSPS) is 19.8. The van der Waals surface area contributed by atoms with Crippen LogP contribution in [0, 0.1) is 0 Å². The fraction of sp³-hybridized carbons (Fsp3) is 0.455. The van der Waals surface area contributed by atoms with E-state index in [1.807, 2.05) is 17.8 Å². The van der Waals surface area contributed by atoms with Crippen LogP contribution in [0.5, 0.6) is 0 Å². The Morgan fingerprint density at radius 1 is 1.56 bits per heavy atom. The standard InChI is InChI=1S/C11H14N4S/c1-15-9(5-6-13-15)11-14-8-4-2-3-7(12)10(8)16-11/h5-7H,2-4,12H2,1H3. The molecule has 16 heavy (non-hydrogen) atoms. The van der Waals surface area contributed by atoms with E-state index in [1.165, 1.54) is 10.6 Å². The minimum atomic E-state index is 0.184. The van der Waals surface area contributed by atoms with Crippen molar-refractivity contribution in [3.05, 3.63) is 22.8 Å². The topological polar surface area (TPSA) is 56.7 Å². The second kappa shape index (κ2) is 3.68. The van der Waals surface area contributed by atoms with Crippen molar-refractivity contribution < 1.29 is 0 Å². The van der Waals surface area contributed by atoms with E-state index in [-0.39, 0.29) is 6.04 Å². The van der Waals surface area contributed by atoms with Crippen LogP contribution in [0.2, 0.25) is 0 Å². The Kier molecular flexibility index (Phi) is 2.29. The molecule has 5 heteroatoms. The van der Waals surface area contributed by atoms with Gasteiger partial charge in [-0.2, -0.15) is 5.10 Å². The SMILES string of the molecule is Cn1nccc1-c1nc2c(s1)C(N)CCC2. The van der Waals surface area contributed by atoms with E-state index >= 15 is 0 Å². The van der Waals surface area contributed by atoms with Crippen LogP contribution in [0.15, 0.2) is 12.3 Å². The summed E-state index contributed by atoms with van der Waals surface area (Å²) in [6.07, 6.45) is 5.11. The monoisotopic (exact) mass is 234 g/mol. The van der Waals surface area contributed by atoms with Crippen molar-refractivity contribution >= 4 is 11.3 Å². The molecule has 0 saturated carbocycles. The van der Waals surface area contributed by atoms with Gasteiger partial charge in [-0.1, -0.05) is 0 Å². The van der Waals surface area contributed by atoms with Crippen molar-refractivity contribution in [1.82, 2.24) is 14.8 Å². The molecule has 0 amide bonds. The van der Waals surface area contributed by atoms with Gasteiger partial charge in [-0.05, 0) is 25.3 Å². The number of hydrogen-bond acceptors (Lipinski definition) is 4. The molecule has 2 heterocycles. The maximum absolute atomic E-state index is 6.10. The number of thiazole rings is 1. The summed E-state index contributed by atoms with van der Waals surface area (Å²) in [6, 6.07) is 2.18. The van der Waals surface area contributed by atoms with Crippen molar-refractivity contribution in [3.8, 4) is 10.7 Å². The number of aromatic nitrogens is 3. The van der Waals surface area contributed by atoms with Gasteiger partial charge in [-0.3, -0.25) is 4.68 Å². The third kappa shape index (κ3) is 1.47. The number of aryl methyl sites for hydroxylation is 2. The Bertz CT molecular complexity index is 514. The highest BCUT2D eigenvalue weighted by Crippen LogP contribution is 2.36. The first-order valence-corrected chi connectivity index (χ1v) is 6.31. The van der Waals surface area contributed by atoms with Crippen molar-refractivity contribution in [3.63, 3.8) is 0 Å². The third-order valence-corrected chi connectivity index (χ3v) is 4.29. The molecular weight excluding hydrogens is 220 g/mol. The average Bonchev–Trinajstić information content (AvgIpc) is 2.84. The van der Waals surface area contributed by atoms with E-state index < -0.39 is 0 Å². The van der Waals surface area contributed by atoms with Gasteiger partial charge in [0.15, 0.2) is 0 Å². The fourth-order valence-corrected chi connectivity index (χ4v) is 3.35. The molecule has 0 bridgehead atoms. The number of rotatable bonds is 1. The van der Waals surface area contributed by atoms with Crippen molar-refractivity contribution in [2.24, 2.45) is 12.8 Å². The van der Waals surface area contributed by atoms with Gasteiger partial charge in [0.2, 0.25) is 0 Å². The van der Waals surface area contributed by atoms with E-state index in [4.69, 9.17) is 5.73 Å². The van der Waals surface area contributed by atoms with Crippen LogP contribution in [0.3, 0.4) is 0 Å².